The van der Waals surface area contributed by atoms with E-state index in [1.807, 2.05) is 31.2 Å². The number of ether oxygens (including phenoxy) is 3. The Labute approximate surface area is 219 Å². The topological polar surface area (TPSA) is 115 Å². The van der Waals surface area contributed by atoms with Gasteiger partial charge in [-0.05, 0) is 60.2 Å². The summed E-state index contributed by atoms with van der Waals surface area (Å²) >= 11 is 4.85. The Hall–Kier alpha value is -2.47. The van der Waals surface area contributed by atoms with Crippen molar-refractivity contribution in [2.24, 2.45) is 5.73 Å². The summed E-state index contributed by atoms with van der Waals surface area (Å²) in [5, 5.41) is 0.406. The first kappa shape index (κ1) is 25.2. The van der Waals surface area contributed by atoms with Crippen molar-refractivity contribution in [1.29, 1.82) is 0 Å². The van der Waals surface area contributed by atoms with Crippen LogP contribution in [0.4, 0.5) is 0 Å². The average Bonchev–Trinajstić information content (AvgIpc) is 3.62. The standard InChI is InChI=1S/C25H28BrN3O6S/c1-14-19-21(30)29(25(9-10-25)23(27)31)24(32)28(22(19)36-20(14)26)13-18(35-15-7-11-34-12-8-15)16-5-3-4-6-17(16)33-2/h3-6,15,18H,7-13H2,1-2H3,(H2,27,31)/t18-/m0/s1. The number of hydrogen-bond acceptors (Lipinski definition) is 7. The van der Waals surface area contributed by atoms with Gasteiger partial charge >= 0.3 is 5.69 Å². The summed E-state index contributed by atoms with van der Waals surface area (Å²) in [6.45, 7) is 3.17. The number of carbonyl (C=O) groups excluding carboxylic acids is 1. The van der Waals surface area contributed by atoms with Gasteiger partial charge in [0.2, 0.25) is 5.91 Å². The molecule has 0 spiro atoms. The second-order valence-electron chi connectivity index (χ2n) is 9.29. The number of halogens is 1. The molecule has 2 N–H and O–H groups in total. The van der Waals surface area contributed by atoms with Crippen molar-refractivity contribution in [1.82, 2.24) is 9.13 Å². The number of aromatic nitrogens is 2. The summed E-state index contributed by atoms with van der Waals surface area (Å²) < 4.78 is 21.1. The first-order valence-corrected chi connectivity index (χ1v) is 13.5. The summed E-state index contributed by atoms with van der Waals surface area (Å²) in [7, 11) is 1.60. The molecule has 36 heavy (non-hydrogen) atoms. The van der Waals surface area contributed by atoms with Gasteiger partial charge in [-0.1, -0.05) is 18.2 Å². The maximum Gasteiger partial charge on any atom is 0.333 e. The number of primary amides is 1. The second kappa shape index (κ2) is 9.77. The number of hydrogen-bond donors (Lipinski definition) is 1. The number of para-hydroxylation sites is 1. The molecule has 0 unspecified atom stereocenters. The van der Waals surface area contributed by atoms with E-state index in [0.717, 1.165) is 32.3 Å². The number of amides is 1. The number of carbonyl (C=O) groups is 1. The largest absolute Gasteiger partial charge is 0.496 e. The third kappa shape index (κ3) is 4.21. The first-order chi connectivity index (χ1) is 17.3. The van der Waals surface area contributed by atoms with Gasteiger partial charge in [-0.3, -0.25) is 14.2 Å². The molecule has 192 valence electrons. The SMILES string of the molecule is COc1ccccc1[C@H](Cn1c(=O)n(C2(C(N)=O)CC2)c(=O)c2c(C)c(Br)sc21)OC1CCOCC1. The van der Waals surface area contributed by atoms with Gasteiger partial charge in [0.1, 0.15) is 22.2 Å². The van der Waals surface area contributed by atoms with Crippen LogP contribution in [0.15, 0.2) is 37.6 Å². The van der Waals surface area contributed by atoms with Gasteiger partial charge in [0.05, 0.1) is 28.9 Å². The van der Waals surface area contributed by atoms with Crippen molar-refractivity contribution in [3.8, 4) is 5.75 Å². The molecule has 2 aromatic heterocycles. The predicted octanol–water partition coefficient (Wildman–Crippen LogP) is 3.22. The Kier molecular flexibility index (Phi) is 6.84. The molecule has 11 heteroatoms. The van der Waals surface area contributed by atoms with E-state index < -0.39 is 28.8 Å². The number of fused-ring (bicyclic) bond motifs is 1. The van der Waals surface area contributed by atoms with Crippen LogP contribution in [0, 0.1) is 6.92 Å². The molecule has 1 aromatic carbocycles. The molecular weight excluding hydrogens is 550 g/mol. The zero-order chi connectivity index (χ0) is 25.6. The molecule has 3 heterocycles. The van der Waals surface area contributed by atoms with Crippen molar-refractivity contribution in [2.75, 3.05) is 20.3 Å². The van der Waals surface area contributed by atoms with Crippen LogP contribution < -0.4 is 21.7 Å². The van der Waals surface area contributed by atoms with E-state index in [4.69, 9.17) is 19.9 Å². The Balaban J connectivity index is 1.69. The van der Waals surface area contributed by atoms with Gasteiger partial charge in [-0.15, -0.1) is 11.3 Å². The third-order valence-corrected chi connectivity index (χ3v) is 9.31. The van der Waals surface area contributed by atoms with E-state index >= 15 is 0 Å². The van der Waals surface area contributed by atoms with Crippen molar-refractivity contribution < 1.29 is 19.0 Å². The maximum absolute atomic E-state index is 13.9. The summed E-state index contributed by atoms with van der Waals surface area (Å²) in [6.07, 6.45) is 1.61. The fraction of sp³-hybridized carbons (Fsp3) is 0.480. The van der Waals surface area contributed by atoms with E-state index in [1.54, 1.807) is 11.7 Å². The fourth-order valence-electron chi connectivity index (χ4n) is 4.91. The molecule has 1 saturated carbocycles. The lowest BCUT2D eigenvalue weighted by Gasteiger charge is -2.29. The van der Waals surface area contributed by atoms with Gasteiger partial charge in [-0.25, -0.2) is 9.36 Å². The highest BCUT2D eigenvalue weighted by Gasteiger charge is 2.53. The lowest BCUT2D eigenvalue weighted by molar-refractivity contribution is -0.122. The first-order valence-electron chi connectivity index (χ1n) is 11.9. The second-order valence-corrected chi connectivity index (χ2v) is 11.6. The number of thiophene rings is 1. The molecule has 1 amide bonds. The highest BCUT2D eigenvalue weighted by Crippen LogP contribution is 2.42. The van der Waals surface area contributed by atoms with Crippen LogP contribution in [0.3, 0.4) is 0 Å². The number of benzene rings is 1. The Morgan fingerprint density at radius 1 is 1.28 bits per heavy atom. The minimum atomic E-state index is -1.29. The summed E-state index contributed by atoms with van der Waals surface area (Å²) in [5.74, 6) is -0.0224. The van der Waals surface area contributed by atoms with E-state index in [9.17, 15) is 14.4 Å². The number of nitrogens with zero attached hydrogens (tertiary/aromatic N) is 2. The molecule has 0 bridgehead atoms. The summed E-state index contributed by atoms with van der Waals surface area (Å²) in [6, 6.07) is 7.55. The van der Waals surface area contributed by atoms with Gasteiger partial charge in [-0.2, -0.15) is 0 Å². The van der Waals surface area contributed by atoms with Gasteiger partial charge < -0.3 is 19.9 Å². The van der Waals surface area contributed by atoms with Crippen LogP contribution >= 0.6 is 27.3 Å². The number of rotatable bonds is 8. The smallest absolute Gasteiger partial charge is 0.333 e. The molecule has 2 fully saturated rings. The zero-order valence-corrected chi connectivity index (χ0v) is 22.5. The Bertz CT molecular complexity index is 1430. The molecule has 1 aliphatic carbocycles. The lowest BCUT2D eigenvalue weighted by atomic mass is 10.1. The highest BCUT2D eigenvalue weighted by molar-refractivity contribution is 9.11. The van der Waals surface area contributed by atoms with Crippen LogP contribution in [-0.2, 0) is 26.4 Å². The molecule has 0 radical (unpaired) electrons. The van der Waals surface area contributed by atoms with Crippen LogP contribution in [0.1, 0.15) is 42.9 Å². The Morgan fingerprint density at radius 3 is 2.61 bits per heavy atom. The number of nitrogens with two attached hydrogens (primary N) is 1. The molecule has 1 aliphatic heterocycles. The minimum Gasteiger partial charge on any atom is -0.496 e. The van der Waals surface area contributed by atoms with E-state index in [0.29, 0.717) is 42.0 Å². The monoisotopic (exact) mass is 577 g/mol. The molecule has 2 aliphatic rings. The summed E-state index contributed by atoms with van der Waals surface area (Å²) in [4.78, 5) is 40.4. The normalized spacial score (nSPS) is 18.3. The molecule has 5 rings (SSSR count). The van der Waals surface area contributed by atoms with Crippen molar-refractivity contribution in [3.63, 3.8) is 0 Å². The summed E-state index contributed by atoms with van der Waals surface area (Å²) in [5.41, 5.74) is 4.88. The quantitative estimate of drug-likeness (QED) is 0.439. The maximum atomic E-state index is 13.9. The van der Waals surface area contributed by atoms with E-state index in [-0.39, 0.29) is 12.6 Å². The third-order valence-electron chi connectivity index (χ3n) is 7.12. The molecule has 1 atom stereocenters. The predicted molar refractivity (Wildman–Crippen MR) is 140 cm³/mol. The molecular formula is C25H28BrN3O6S. The van der Waals surface area contributed by atoms with Gasteiger partial charge in [0, 0.05) is 18.8 Å². The van der Waals surface area contributed by atoms with Gasteiger partial charge in [0.15, 0.2) is 0 Å². The van der Waals surface area contributed by atoms with Crippen LogP contribution in [0.25, 0.3) is 10.2 Å². The van der Waals surface area contributed by atoms with Crippen LogP contribution in [-0.4, -0.2) is 41.5 Å². The van der Waals surface area contributed by atoms with Gasteiger partial charge in [0.25, 0.3) is 5.56 Å². The Morgan fingerprint density at radius 2 is 1.97 bits per heavy atom. The molecule has 3 aromatic rings. The molecule has 9 nitrogen and oxygen atoms in total. The van der Waals surface area contributed by atoms with E-state index in [1.165, 1.54) is 11.3 Å². The van der Waals surface area contributed by atoms with Crippen molar-refractivity contribution in [2.45, 2.75) is 56.9 Å². The number of aryl methyl sites for hydroxylation is 1. The van der Waals surface area contributed by atoms with Crippen LogP contribution in [0.5, 0.6) is 5.75 Å². The molecule has 1 saturated heterocycles. The lowest BCUT2D eigenvalue weighted by Crippen LogP contribution is -2.50. The fourth-order valence-corrected chi connectivity index (χ4v) is 6.60. The number of methoxy groups -OCH3 is 1. The van der Waals surface area contributed by atoms with E-state index in [2.05, 4.69) is 15.9 Å². The van der Waals surface area contributed by atoms with Crippen molar-refractivity contribution >= 4 is 43.4 Å². The average molecular weight is 578 g/mol. The minimum absolute atomic E-state index is 0.0528. The zero-order valence-electron chi connectivity index (χ0n) is 20.1. The van der Waals surface area contributed by atoms with Crippen LogP contribution in [0.2, 0.25) is 0 Å². The van der Waals surface area contributed by atoms with Crippen molar-refractivity contribution in [3.05, 3.63) is 60.0 Å². The highest BCUT2D eigenvalue weighted by atomic mass is 79.9.